The van der Waals surface area contributed by atoms with E-state index < -0.39 is 0 Å². The smallest absolute Gasteiger partial charge is 0.333 e. The van der Waals surface area contributed by atoms with Crippen molar-refractivity contribution in [2.24, 2.45) is 0 Å². The van der Waals surface area contributed by atoms with Crippen LogP contribution in [-0.2, 0) is 11.3 Å². The average molecular weight is 270 g/mol. The molecule has 0 amide bonds. The molecule has 0 aliphatic rings. The van der Waals surface area contributed by atoms with Gasteiger partial charge in [0.2, 0.25) is 5.82 Å². The van der Waals surface area contributed by atoms with Crippen molar-refractivity contribution in [2.75, 3.05) is 25.1 Å². The summed E-state index contributed by atoms with van der Waals surface area (Å²) < 4.78 is 6.99. The van der Waals surface area contributed by atoms with E-state index in [1.165, 1.54) is 0 Å². The second-order valence-corrected chi connectivity index (χ2v) is 4.25. The standard InChI is InChI=1S/C12H22N4O3/c1-4-8-19-9-6-7-13-12-11(16(17)18)10(3)14-15(12)5-2/h13H,4-9H2,1-3H3. The Kier molecular flexibility index (Phi) is 6.27. The predicted octanol–water partition coefficient (Wildman–Crippen LogP) is 2.35. The van der Waals surface area contributed by atoms with Gasteiger partial charge in [0, 0.05) is 26.3 Å². The minimum Gasteiger partial charge on any atom is -0.381 e. The Morgan fingerprint density at radius 3 is 2.74 bits per heavy atom. The molecule has 0 saturated heterocycles. The number of rotatable bonds is 9. The quantitative estimate of drug-likeness (QED) is 0.423. The van der Waals surface area contributed by atoms with E-state index in [-0.39, 0.29) is 10.6 Å². The molecule has 0 atom stereocenters. The lowest BCUT2D eigenvalue weighted by Crippen LogP contribution is -2.11. The van der Waals surface area contributed by atoms with E-state index in [4.69, 9.17) is 4.74 Å². The second kappa shape index (κ2) is 7.73. The van der Waals surface area contributed by atoms with Gasteiger partial charge in [0.05, 0.1) is 4.92 Å². The maximum atomic E-state index is 11.0. The SMILES string of the molecule is CCCOCCCNc1c([N+](=O)[O-])c(C)nn1CC. The summed E-state index contributed by atoms with van der Waals surface area (Å²) in [7, 11) is 0. The molecule has 1 rings (SSSR count). The summed E-state index contributed by atoms with van der Waals surface area (Å²) in [4.78, 5) is 10.6. The third-order valence-corrected chi connectivity index (χ3v) is 2.68. The van der Waals surface area contributed by atoms with Gasteiger partial charge in [-0.3, -0.25) is 10.1 Å². The highest BCUT2D eigenvalue weighted by Crippen LogP contribution is 2.27. The number of nitrogens with one attached hydrogen (secondary N) is 1. The Hall–Kier alpha value is -1.63. The molecule has 19 heavy (non-hydrogen) atoms. The molecule has 1 heterocycles. The van der Waals surface area contributed by atoms with E-state index in [0.717, 1.165) is 19.4 Å². The maximum Gasteiger partial charge on any atom is 0.333 e. The van der Waals surface area contributed by atoms with E-state index in [1.54, 1.807) is 11.6 Å². The van der Waals surface area contributed by atoms with Gasteiger partial charge in [-0.2, -0.15) is 5.10 Å². The number of aromatic nitrogens is 2. The minimum atomic E-state index is -0.385. The van der Waals surface area contributed by atoms with Gasteiger partial charge in [0.1, 0.15) is 5.69 Å². The number of ether oxygens (including phenoxy) is 1. The van der Waals surface area contributed by atoms with Crippen LogP contribution in [0.3, 0.4) is 0 Å². The second-order valence-electron chi connectivity index (χ2n) is 4.25. The lowest BCUT2D eigenvalue weighted by atomic mass is 10.3. The Balaban J connectivity index is 2.58. The fourth-order valence-electron chi connectivity index (χ4n) is 1.82. The van der Waals surface area contributed by atoms with Gasteiger partial charge in [0.25, 0.3) is 0 Å². The van der Waals surface area contributed by atoms with E-state index in [0.29, 0.717) is 31.2 Å². The summed E-state index contributed by atoms with van der Waals surface area (Å²) in [5.41, 5.74) is 0.507. The van der Waals surface area contributed by atoms with Crippen molar-refractivity contribution in [1.29, 1.82) is 0 Å². The molecular weight excluding hydrogens is 248 g/mol. The van der Waals surface area contributed by atoms with Crippen LogP contribution in [-0.4, -0.2) is 34.5 Å². The zero-order chi connectivity index (χ0) is 14.3. The van der Waals surface area contributed by atoms with Gasteiger partial charge in [-0.1, -0.05) is 6.92 Å². The van der Waals surface area contributed by atoms with Crippen molar-refractivity contribution in [3.63, 3.8) is 0 Å². The van der Waals surface area contributed by atoms with E-state index in [2.05, 4.69) is 17.3 Å². The monoisotopic (exact) mass is 270 g/mol. The Morgan fingerprint density at radius 2 is 2.16 bits per heavy atom. The Bertz CT molecular complexity index is 417. The molecule has 0 spiro atoms. The third-order valence-electron chi connectivity index (χ3n) is 2.68. The Labute approximate surface area is 113 Å². The first-order chi connectivity index (χ1) is 9.11. The van der Waals surface area contributed by atoms with Gasteiger partial charge in [-0.05, 0) is 26.7 Å². The molecule has 1 N–H and O–H groups in total. The summed E-state index contributed by atoms with van der Waals surface area (Å²) >= 11 is 0. The lowest BCUT2D eigenvalue weighted by Gasteiger charge is -2.07. The first kappa shape index (κ1) is 15.4. The first-order valence-electron chi connectivity index (χ1n) is 6.65. The van der Waals surface area contributed by atoms with Crippen molar-refractivity contribution in [2.45, 2.75) is 40.2 Å². The molecule has 0 aromatic carbocycles. The highest BCUT2D eigenvalue weighted by Gasteiger charge is 2.24. The normalized spacial score (nSPS) is 10.7. The first-order valence-corrected chi connectivity index (χ1v) is 6.65. The predicted molar refractivity (Wildman–Crippen MR) is 73.5 cm³/mol. The van der Waals surface area contributed by atoms with Crippen molar-refractivity contribution in [3.05, 3.63) is 15.8 Å². The number of nitrogens with zero attached hydrogens (tertiary/aromatic N) is 3. The van der Waals surface area contributed by atoms with Crippen LogP contribution in [0.5, 0.6) is 0 Å². The largest absolute Gasteiger partial charge is 0.381 e. The highest BCUT2D eigenvalue weighted by molar-refractivity contribution is 5.59. The summed E-state index contributed by atoms with van der Waals surface area (Å²) in [6.07, 6.45) is 1.81. The van der Waals surface area contributed by atoms with Crippen LogP contribution in [0.25, 0.3) is 0 Å². The summed E-state index contributed by atoms with van der Waals surface area (Å²) in [5.74, 6) is 0.487. The maximum absolute atomic E-state index is 11.0. The van der Waals surface area contributed by atoms with Crippen LogP contribution in [0.2, 0.25) is 0 Å². The van der Waals surface area contributed by atoms with Gasteiger partial charge >= 0.3 is 5.69 Å². The zero-order valence-corrected chi connectivity index (χ0v) is 11.8. The molecule has 7 heteroatoms. The average Bonchev–Trinajstić information content (AvgIpc) is 2.69. The molecule has 7 nitrogen and oxygen atoms in total. The van der Waals surface area contributed by atoms with Crippen molar-refractivity contribution >= 4 is 11.5 Å². The highest BCUT2D eigenvalue weighted by atomic mass is 16.6. The molecule has 0 saturated carbocycles. The van der Waals surface area contributed by atoms with Crippen LogP contribution in [0, 0.1) is 17.0 Å². The van der Waals surface area contributed by atoms with Crippen LogP contribution in [0.1, 0.15) is 32.4 Å². The van der Waals surface area contributed by atoms with Gasteiger partial charge in [0.15, 0.2) is 0 Å². The molecule has 0 aliphatic carbocycles. The molecule has 0 aliphatic heterocycles. The van der Waals surface area contributed by atoms with Gasteiger partial charge < -0.3 is 10.1 Å². The fraction of sp³-hybridized carbons (Fsp3) is 0.750. The van der Waals surface area contributed by atoms with Gasteiger partial charge in [-0.25, -0.2) is 4.68 Å². The zero-order valence-electron chi connectivity index (χ0n) is 11.8. The van der Waals surface area contributed by atoms with Crippen molar-refractivity contribution < 1.29 is 9.66 Å². The van der Waals surface area contributed by atoms with E-state index in [1.807, 2.05) is 6.92 Å². The molecular formula is C12H22N4O3. The minimum absolute atomic E-state index is 0.0660. The summed E-state index contributed by atoms with van der Waals surface area (Å²) in [6, 6.07) is 0. The van der Waals surface area contributed by atoms with Crippen molar-refractivity contribution in [3.8, 4) is 0 Å². The topological polar surface area (TPSA) is 82.2 Å². The number of hydrogen-bond donors (Lipinski definition) is 1. The Morgan fingerprint density at radius 1 is 1.42 bits per heavy atom. The molecule has 0 bridgehead atoms. The van der Waals surface area contributed by atoms with Gasteiger partial charge in [-0.15, -0.1) is 0 Å². The molecule has 0 unspecified atom stereocenters. The fourth-order valence-corrected chi connectivity index (χ4v) is 1.82. The van der Waals surface area contributed by atoms with Crippen LogP contribution in [0.4, 0.5) is 11.5 Å². The third kappa shape index (κ3) is 4.20. The molecule has 0 radical (unpaired) electrons. The molecule has 0 fully saturated rings. The number of anilines is 1. The lowest BCUT2D eigenvalue weighted by molar-refractivity contribution is -0.384. The summed E-state index contributed by atoms with van der Waals surface area (Å²) in [5, 5.41) is 18.3. The summed E-state index contributed by atoms with van der Waals surface area (Å²) in [6.45, 7) is 8.27. The van der Waals surface area contributed by atoms with E-state index >= 15 is 0 Å². The van der Waals surface area contributed by atoms with Crippen LogP contribution in [0.15, 0.2) is 0 Å². The molecule has 1 aromatic rings. The number of aryl methyl sites for hydroxylation is 2. The van der Waals surface area contributed by atoms with Crippen LogP contribution >= 0.6 is 0 Å². The van der Waals surface area contributed by atoms with E-state index in [9.17, 15) is 10.1 Å². The molecule has 108 valence electrons. The number of hydrogen-bond acceptors (Lipinski definition) is 5. The molecule has 1 aromatic heterocycles. The number of nitro groups is 1. The van der Waals surface area contributed by atoms with Crippen LogP contribution < -0.4 is 5.32 Å². The van der Waals surface area contributed by atoms with Crippen molar-refractivity contribution in [1.82, 2.24) is 9.78 Å².